The number of thiol groups is 1. The minimum absolute atomic E-state index is 0.0546. The molecule has 2 aromatic carbocycles. The minimum atomic E-state index is -0.281. The maximum atomic E-state index is 13.1. The van der Waals surface area contributed by atoms with Gasteiger partial charge >= 0.3 is 0 Å². The molecule has 26 heavy (non-hydrogen) atoms. The number of halogens is 2. The van der Waals surface area contributed by atoms with Crippen LogP contribution in [0.4, 0.5) is 15.8 Å². The molecule has 1 amide bonds. The summed E-state index contributed by atoms with van der Waals surface area (Å²) in [6.45, 7) is 0.731. The van der Waals surface area contributed by atoms with Gasteiger partial charge in [0, 0.05) is 11.6 Å². The van der Waals surface area contributed by atoms with Crippen LogP contribution in [0, 0.1) is 5.82 Å². The molecule has 0 aliphatic carbocycles. The van der Waals surface area contributed by atoms with Gasteiger partial charge in [0.1, 0.15) is 10.5 Å². The van der Waals surface area contributed by atoms with Crippen molar-refractivity contribution in [2.24, 2.45) is 0 Å². The van der Waals surface area contributed by atoms with Gasteiger partial charge in [0.05, 0.1) is 23.9 Å². The number of thioether (sulfide) groups is 1. The number of carbonyl (C=O) groups is 1. The first-order chi connectivity index (χ1) is 12.5. The van der Waals surface area contributed by atoms with Crippen molar-refractivity contribution in [3.8, 4) is 0 Å². The smallest absolute Gasteiger partial charge is 0.252 e. The van der Waals surface area contributed by atoms with Gasteiger partial charge in [-0.05, 0) is 36.4 Å². The van der Waals surface area contributed by atoms with E-state index in [1.165, 1.54) is 12.1 Å². The van der Waals surface area contributed by atoms with Crippen LogP contribution in [0.25, 0.3) is 0 Å². The van der Waals surface area contributed by atoms with Crippen LogP contribution in [0.15, 0.2) is 48.5 Å². The molecule has 9 heteroatoms. The van der Waals surface area contributed by atoms with E-state index in [4.69, 9.17) is 11.6 Å². The molecule has 0 bridgehead atoms. The number of rotatable bonds is 5. The Kier molecular flexibility index (Phi) is 6.53. The van der Waals surface area contributed by atoms with Gasteiger partial charge in [0.15, 0.2) is 0 Å². The topological polar surface area (TPSA) is 47.6 Å². The van der Waals surface area contributed by atoms with E-state index in [1.54, 1.807) is 36.0 Å². The predicted molar refractivity (Wildman–Crippen MR) is 109 cm³/mol. The van der Waals surface area contributed by atoms with E-state index in [2.05, 4.69) is 23.5 Å². The summed E-state index contributed by atoms with van der Waals surface area (Å²) < 4.78 is 13.1. The number of nitrogens with one attached hydrogen (secondary N) is 2. The van der Waals surface area contributed by atoms with Crippen LogP contribution in [0.5, 0.6) is 0 Å². The summed E-state index contributed by atoms with van der Waals surface area (Å²) >= 11 is 12.2. The van der Waals surface area contributed by atoms with E-state index < -0.39 is 0 Å². The van der Waals surface area contributed by atoms with Crippen molar-refractivity contribution in [2.75, 3.05) is 29.4 Å². The molecule has 5 nitrogen and oxygen atoms in total. The zero-order chi connectivity index (χ0) is 18.5. The second-order valence-electron chi connectivity index (χ2n) is 5.69. The van der Waals surface area contributed by atoms with Gasteiger partial charge in [-0.3, -0.25) is 20.5 Å². The summed E-state index contributed by atoms with van der Waals surface area (Å²) in [5.74, 6) is 0.212. The van der Waals surface area contributed by atoms with Gasteiger partial charge in [-0.25, -0.2) is 4.39 Å². The van der Waals surface area contributed by atoms with E-state index in [0.29, 0.717) is 23.3 Å². The highest BCUT2D eigenvalue weighted by molar-refractivity contribution is 8.10. The highest BCUT2D eigenvalue weighted by Gasteiger charge is 2.26. The first kappa shape index (κ1) is 19.2. The van der Waals surface area contributed by atoms with Crippen molar-refractivity contribution in [3.05, 3.63) is 59.4 Å². The Morgan fingerprint density at radius 1 is 1.27 bits per heavy atom. The summed E-state index contributed by atoms with van der Waals surface area (Å²) in [6, 6.07) is 13.4. The van der Waals surface area contributed by atoms with Crippen LogP contribution < -0.4 is 15.8 Å². The Morgan fingerprint density at radius 3 is 2.73 bits per heavy atom. The largest absolute Gasteiger partial charge is 0.338 e. The normalized spacial score (nSPS) is 17.8. The lowest BCUT2D eigenvalue weighted by atomic mass is 10.3. The third-order valence-corrected chi connectivity index (χ3v) is 5.88. The van der Waals surface area contributed by atoms with Gasteiger partial charge < -0.3 is 4.90 Å². The molecule has 1 aliphatic rings. The molecule has 2 aromatic rings. The van der Waals surface area contributed by atoms with Crippen molar-refractivity contribution >= 4 is 53.3 Å². The fourth-order valence-corrected chi connectivity index (χ4v) is 3.94. The van der Waals surface area contributed by atoms with Crippen LogP contribution in [0.1, 0.15) is 0 Å². The standard InChI is InChI=1S/C17H18ClFN4OS2/c18-14-3-1-2-4-15(14)20-21-16(24)9-22-10-23(17(25)26-11-22)13-7-5-12(19)6-8-13/h1-8,17,20,25H,9-11H2,(H,21,24). The number of amides is 1. The number of anilines is 2. The van der Waals surface area contributed by atoms with Gasteiger partial charge in [-0.1, -0.05) is 23.7 Å². The minimum Gasteiger partial charge on any atom is -0.338 e. The van der Waals surface area contributed by atoms with Crippen LogP contribution in [0.2, 0.25) is 5.02 Å². The summed E-state index contributed by atoms with van der Waals surface area (Å²) in [7, 11) is 0. The van der Waals surface area contributed by atoms with Gasteiger partial charge in [-0.2, -0.15) is 0 Å². The average molecular weight is 413 g/mol. The molecule has 0 radical (unpaired) electrons. The molecule has 0 spiro atoms. The van der Waals surface area contributed by atoms with Crippen LogP contribution >= 0.6 is 36.0 Å². The summed E-state index contributed by atoms with van der Waals surface area (Å²) in [6.07, 6.45) is 0. The van der Waals surface area contributed by atoms with E-state index >= 15 is 0 Å². The monoisotopic (exact) mass is 412 g/mol. The Morgan fingerprint density at radius 2 is 2.00 bits per heavy atom. The molecule has 1 unspecified atom stereocenters. The van der Waals surface area contributed by atoms with Gasteiger partial charge in [0.25, 0.3) is 5.91 Å². The molecule has 2 N–H and O–H groups in total. The van der Waals surface area contributed by atoms with E-state index in [-0.39, 0.29) is 23.0 Å². The third-order valence-electron chi connectivity index (χ3n) is 3.76. The molecule has 1 atom stereocenters. The van der Waals surface area contributed by atoms with E-state index in [1.807, 2.05) is 21.9 Å². The zero-order valence-electron chi connectivity index (χ0n) is 13.7. The lowest BCUT2D eigenvalue weighted by molar-refractivity contribution is -0.121. The van der Waals surface area contributed by atoms with Crippen molar-refractivity contribution in [1.29, 1.82) is 0 Å². The molecule has 1 saturated heterocycles. The molecule has 1 aliphatic heterocycles. The molecule has 138 valence electrons. The number of para-hydroxylation sites is 1. The van der Waals surface area contributed by atoms with Gasteiger partial charge in [-0.15, -0.1) is 24.4 Å². The first-order valence-corrected chi connectivity index (χ1v) is 9.81. The quantitative estimate of drug-likeness (QED) is 0.517. The maximum absolute atomic E-state index is 13.1. The Balaban J connectivity index is 1.55. The number of carbonyl (C=O) groups excluding carboxylic acids is 1. The molecule has 3 rings (SSSR count). The molecular formula is C17H18ClFN4OS2. The zero-order valence-corrected chi connectivity index (χ0v) is 16.2. The highest BCUT2D eigenvalue weighted by Crippen LogP contribution is 2.31. The number of hydrogen-bond acceptors (Lipinski definition) is 6. The number of nitrogens with zero attached hydrogens (tertiary/aromatic N) is 2. The molecule has 0 aromatic heterocycles. The Bertz CT molecular complexity index is 765. The van der Waals surface area contributed by atoms with Crippen molar-refractivity contribution in [2.45, 2.75) is 4.71 Å². The second-order valence-corrected chi connectivity index (χ2v) is 7.98. The van der Waals surface area contributed by atoms with Crippen LogP contribution in [0.3, 0.4) is 0 Å². The average Bonchev–Trinajstić information content (AvgIpc) is 2.63. The van der Waals surface area contributed by atoms with Crippen LogP contribution in [-0.4, -0.2) is 34.6 Å². The molecule has 0 saturated carbocycles. The van der Waals surface area contributed by atoms with Crippen LogP contribution in [-0.2, 0) is 4.79 Å². The van der Waals surface area contributed by atoms with Crippen molar-refractivity contribution < 1.29 is 9.18 Å². The lowest BCUT2D eigenvalue weighted by Gasteiger charge is -2.40. The lowest BCUT2D eigenvalue weighted by Crippen LogP contribution is -2.49. The molecule has 1 fully saturated rings. The highest BCUT2D eigenvalue weighted by atomic mass is 35.5. The summed E-state index contributed by atoms with van der Waals surface area (Å²) in [5.41, 5.74) is 6.97. The van der Waals surface area contributed by atoms with Crippen molar-refractivity contribution in [1.82, 2.24) is 10.3 Å². The fraction of sp³-hybridized carbons (Fsp3) is 0.235. The fourth-order valence-electron chi connectivity index (χ4n) is 2.47. The van der Waals surface area contributed by atoms with Gasteiger partial charge in [0.2, 0.25) is 0 Å². The SMILES string of the molecule is O=C(CN1CSC(S)N(c2ccc(F)cc2)C1)NNc1ccccc1Cl. The number of benzene rings is 2. The Labute approximate surface area is 166 Å². The molecular weight excluding hydrogens is 395 g/mol. The third kappa shape index (κ3) is 4.97. The first-order valence-electron chi connectivity index (χ1n) is 7.86. The van der Waals surface area contributed by atoms with Crippen molar-refractivity contribution in [3.63, 3.8) is 0 Å². The molecule has 1 heterocycles. The number of hydrazine groups is 1. The second kappa shape index (κ2) is 8.85. The summed E-state index contributed by atoms with van der Waals surface area (Å²) in [5, 5.41) is 0.529. The number of hydrogen-bond donors (Lipinski definition) is 3. The Hall–Kier alpha value is -1.61. The van der Waals surface area contributed by atoms with E-state index in [0.717, 1.165) is 5.69 Å². The van der Waals surface area contributed by atoms with E-state index in [9.17, 15) is 9.18 Å². The maximum Gasteiger partial charge on any atom is 0.252 e. The summed E-state index contributed by atoms with van der Waals surface area (Å²) in [4.78, 5) is 16.2. The predicted octanol–water partition coefficient (Wildman–Crippen LogP) is 3.61.